The van der Waals surface area contributed by atoms with Crippen molar-refractivity contribution in [3.05, 3.63) is 28.8 Å². The highest BCUT2D eigenvalue weighted by Gasteiger charge is 2.26. The van der Waals surface area contributed by atoms with Crippen LogP contribution in [-0.2, 0) is 11.2 Å². The maximum Gasteiger partial charge on any atom is 0.123 e. The van der Waals surface area contributed by atoms with Crippen LogP contribution in [0.25, 0.3) is 0 Å². The third kappa shape index (κ3) is 3.04. The van der Waals surface area contributed by atoms with Gasteiger partial charge in [0.25, 0.3) is 0 Å². The Morgan fingerprint density at radius 1 is 1.37 bits per heavy atom. The van der Waals surface area contributed by atoms with Crippen LogP contribution in [0.1, 0.15) is 18.9 Å². The fourth-order valence-electron chi connectivity index (χ4n) is 2.88. The van der Waals surface area contributed by atoms with Crippen molar-refractivity contribution in [2.24, 2.45) is 5.92 Å². The summed E-state index contributed by atoms with van der Waals surface area (Å²) in [6.45, 7) is 4.95. The van der Waals surface area contributed by atoms with Crippen LogP contribution in [-0.4, -0.2) is 31.9 Å². The Morgan fingerprint density at radius 3 is 3.05 bits per heavy atom. The Labute approximate surface area is 119 Å². The summed E-state index contributed by atoms with van der Waals surface area (Å²) in [7, 11) is 0. The van der Waals surface area contributed by atoms with Gasteiger partial charge in [-0.3, -0.25) is 0 Å². The van der Waals surface area contributed by atoms with E-state index in [0.29, 0.717) is 12.0 Å². The average molecular weight is 282 g/mol. The van der Waals surface area contributed by atoms with E-state index < -0.39 is 0 Å². The molecule has 3 nitrogen and oxygen atoms in total. The minimum absolute atomic E-state index is 0.228. The first-order chi connectivity index (χ1) is 9.22. The maximum absolute atomic E-state index is 5.99. The van der Waals surface area contributed by atoms with Crippen molar-refractivity contribution < 1.29 is 9.47 Å². The van der Waals surface area contributed by atoms with E-state index in [2.05, 4.69) is 12.2 Å². The van der Waals surface area contributed by atoms with E-state index in [-0.39, 0.29) is 6.10 Å². The zero-order valence-electron chi connectivity index (χ0n) is 11.2. The number of halogens is 1. The Balaban J connectivity index is 1.46. The third-order valence-corrected chi connectivity index (χ3v) is 4.31. The zero-order chi connectivity index (χ0) is 13.2. The van der Waals surface area contributed by atoms with Gasteiger partial charge in [0.15, 0.2) is 0 Å². The molecule has 1 aromatic carbocycles. The van der Waals surface area contributed by atoms with Gasteiger partial charge >= 0.3 is 0 Å². The lowest BCUT2D eigenvalue weighted by molar-refractivity contribution is 0.104. The molecule has 1 saturated heterocycles. The summed E-state index contributed by atoms with van der Waals surface area (Å²) >= 11 is 5.99. The molecule has 0 aliphatic carbocycles. The van der Waals surface area contributed by atoms with E-state index >= 15 is 0 Å². The van der Waals surface area contributed by atoms with Gasteiger partial charge in [0.05, 0.1) is 6.10 Å². The first kappa shape index (κ1) is 13.2. The zero-order valence-corrected chi connectivity index (χ0v) is 12.0. The van der Waals surface area contributed by atoms with Gasteiger partial charge in [0.2, 0.25) is 0 Å². The molecule has 3 unspecified atom stereocenters. The smallest absolute Gasteiger partial charge is 0.123 e. The predicted molar refractivity (Wildman–Crippen MR) is 76.0 cm³/mol. The van der Waals surface area contributed by atoms with E-state index in [4.69, 9.17) is 21.1 Å². The van der Waals surface area contributed by atoms with Crippen molar-refractivity contribution in [2.45, 2.75) is 32.0 Å². The maximum atomic E-state index is 5.99. The Bertz CT molecular complexity index is 452. The van der Waals surface area contributed by atoms with Crippen LogP contribution in [0, 0.1) is 5.92 Å². The van der Waals surface area contributed by atoms with Gasteiger partial charge in [0, 0.05) is 31.1 Å². The molecule has 4 heteroatoms. The standard InChI is InChI=1S/C15H20ClNO2/c1-10-11(4-5-18-10)8-17-9-14-7-12-6-13(16)2-3-15(12)19-14/h2-3,6,10-11,14,17H,4-5,7-9H2,1H3. The molecule has 0 saturated carbocycles. The van der Waals surface area contributed by atoms with Crippen LogP contribution in [0.4, 0.5) is 0 Å². The van der Waals surface area contributed by atoms with Crippen molar-refractivity contribution in [1.29, 1.82) is 0 Å². The van der Waals surface area contributed by atoms with Gasteiger partial charge in [-0.15, -0.1) is 0 Å². The van der Waals surface area contributed by atoms with Gasteiger partial charge in [-0.2, -0.15) is 0 Å². The molecule has 104 valence electrons. The largest absolute Gasteiger partial charge is 0.488 e. The van der Waals surface area contributed by atoms with Crippen molar-refractivity contribution in [2.75, 3.05) is 19.7 Å². The molecule has 2 aliphatic rings. The Morgan fingerprint density at radius 2 is 2.26 bits per heavy atom. The van der Waals surface area contributed by atoms with Crippen LogP contribution >= 0.6 is 11.6 Å². The number of benzene rings is 1. The van der Waals surface area contributed by atoms with E-state index in [1.54, 1.807) is 0 Å². The molecule has 1 fully saturated rings. The Hall–Kier alpha value is -0.770. The SMILES string of the molecule is CC1OCCC1CNCC1Cc2cc(Cl)ccc2O1. The molecule has 1 N–H and O–H groups in total. The average Bonchev–Trinajstić information content (AvgIpc) is 2.95. The third-order valence-electron chi connectivity index (χ3n) is 4.08. The molecule has 0 bridgehead atoms. The summed E-state index contributed by atoms with van der Waals surface area (Å²) in [6, 6.07) is 5.85. The number of hydrogen-bond acceptors (Lipinski definition) is 3. The molecule has 2 heterocycles. The molecule has 0 aromatic heterocycles. The highest BCUT2D eigenvalue weighted by atomic mass is 35.5. The fraction of sp³-hybridized carbons (Fsp3) is 0.600. The summed E-state index contributed by atoms with van der Waals surface area (Å²) in [5, 5.41) is 4.30. The molecule has 0 amide bonds. The van der Waals surface area contributed by atoms with E-state index in [0.717, 1.165) is 43.3 Å². The minimum Gasteiger partial charge on any atom is -0.488 e. The number of hydrogen-bond donors (Lipinski definition) is 1. The lowest BCUT2D eigenvalue weighted by Crippen LogP contribution is -2.35. The first-order valence-corrected chi connectivity index (χ1v) is 7.37. The summed E-state index contributed by atoms with van der Waals surface area (Å²) < 4.78 is 11.5. The van der Waals surface area contributed by atoms with Crippen molar-refractivity contribution in [3.63, 3.8) is 0 Å². The van der Waals surface area contributed by atoms with Gasteiger partial charge in [0.1, 0.15) is 11.9 Å². The van der Waals surface area contributed by atoms with Crippen LogP contribution in [0.15, 0.2) is 18.2 Å². The van der Waals surface area contributed by atoms with Gasteiger partial charge in [-0.05, 0) is 43.0 Å². The van der Waals surface area contributed by atoms with E-state index in [9.17, 15) is 0 Å². The number of rotatable bonds is 4. The topological polar surface area (TPSA) is 30.5 Å². The lowest BCUT2D eigenvalue weighted by atomic mass is 10.0. The molecule has 3 atom stereocenters. The van der Waals surface area contributed by atoms with Crippen molar-refractivity contribution in [3.8, 4) is 5.75 Å². The summed E-state index contributed by atoms with van der Waals surface area (Å²) in [6.07, 6.45) is 2.72. The molecule has 19 heavy (non-hydrogen) atoms. The van der Waals surface area contributed by atoms with Gasteiger partial charge < -0.3 is 14.8 Å². The molecular formula is C15H20ClNO2. The molecular weight excluding hydrogens is 262 g/mol. The lowest BCUT2D eigenvalue weighted by Gasteiger charge is -2.17. The monoisotopic (exact) mass is 281 g/mol. The summed E-state index contributed by atoms with van der Waals surface area (Å²) in [4.78, 5) is 0. The van der Waals surface area contributed by atoms with E-state index in [1.807, 2.05) is 18.2 Å². The van der Waals surface area contributed by atoms with Crippen molar-refractivity contribution in [1.82, 2.24) is 5.32 Å². The molecule has 0 radical (unpaired) electrons. The number of fused-ring (bicyclic) bond motifs is 1. The van der Waals surface area contributed by atoms with Crippen LogP contribution in [0.5, 0.6) is 5.75 Å². The second-order valence-electron chi connectivity index (χ2n) is 5.48. The second-order valence-corrected chi connectivity index (χ2v) is 5.92. The van der Waals surface area contributed by atoms with Gasteiger partial charge in [-0.1, -0.05) is 11.6 Å². The Kier molecular flexibility index (Phi) is 3.96. The van der Waals surface area contributed by atoms with Crippen LogP contribution in [0.3, 0.4) is 0 Å². The predicted octanol–water partition coefficient (Wildman–Crippen LogP) is 2.66. The van der Waals surface area contributed by atoms with Crippen molar-refractivity contribution >= 4 is 11.6 Å². The van der Waals surface area contributed by atoms with Crippen LogP contribution in [0.2, 0.25) is 5.02 Å². The summed E-state index contributed by atoms with van der Waals surface area (Å²) in [5.41, 5.74) is 1.22. The molecule has 2 aliphatic heterocycles. The van der Waals surface area contributed by atoms with E-state index in [1.165, 1.54) is 5.56 Å². The minimum atomic E-state index is 0.228. The number of ether oxygens (including phenoxy) is 2. The normalized spacial score (nSPS) is 29.3. The summed E-state index contributed by atoms with van der Waals surface area (Å²) in [5.74, 6) is 1.62. The van der Waals surface area contributed by atoms with Crippen LogP contribution < -0.4 is 10.1 Å². The number of nitrogens with one attached hydrogen (secondary N) is 1. The second kappa shape index (κ2) is 5.70. The van der Waals surface area contributed by atoms with Gasteiger partial charge in [-0.25, -0.2) is 0 Å². The molecule has 0 spiro atoms. The highest BCUT2D eigenvalue weighted by molar-refractivity contribution is 6.30. The highest BCUT2D eigenvalue weighted by Crippen LogP contribution is 2.30. The molecule has 1 aromatic rings. The molecule has 3 rings (SSSR count). The quantitative estimate of drug-likeness (QED) is 0.920. The first-order valence-electron chi connectivity index (χ1n) is 7.00. The fourth-order valence-corrected chi connectivity index (χ4v) is 3.07.